The summed E-state index contributed by atoms with van der Waals surface area (Å²) in [5, 5.41) is 10.2. The monoisotopic (exact) mass is 309 g/mol. The van der Waals surface area contributed by atoms with Gasteiger partial charge >= 0.3 is 0 Å². The molecule has 1 aliphatic heterocycles. The van der Waals surface area contributed by atoms with Gasteiger partial charge in [-0.2, -0.15) is 5.10 Å². The number of aryl methyl sites for hydroxylation is 1. The maximum atomic E-state index is 5.76. The molecular formula is C13H19N5O2S. The summed E-state index contributed by atoms with van der Waals surface area (Å²) >= 11 is 1.64. The zero-order valence-corrected chi connectivity index (χ0v) is 13.0. The van der Waals surface area contributed by atoms with Crippen LogP contribution in [0.25, 0.3) is 0 Å². The molecule has 114 valence electrons. The smallest absolute Gasteiger partial charge is 0.180 e. The van der Waals surface area contributed by atoms with Crippen molar-refractivity contribution in [2.75, 3.05) is 26.8 Å². The van der Waals surface area contributed by atoms with Crippen molar-refractivity contribution in [2.45, 2.75) is 26.2 Å². The van der Waals surface area contributed by atoms with Gasteiger partial charge < -0.3 is 9.47 Å². The molecule has 0 aliphatic carbocycles. The highest BCUT2D eigenvalue weighted by Crippen LogP contribution is 2.21. The second-order valence-electron chi connectivity index (χ2n) is 5.04. The molecule has 7 nitrogen and oxygen atoms in total. The number of nitrogens with zero attached hydrogens (tertiary/aromatic N) is 4. The van der Waals surface area contributed by atoms with Crippen molar-refractivity contribution in [1.29, 1.82) is 0 Å². The normalized spacial score (nSPS) is 20.0. The number of nitrogens with one attached hydrogen (secondary N) is 1. The highest BCUT2D eigenvalue weighted by atomic mass is 32.1. The van der Waals surface area contributed by atoms with E-state index in [1.54, 1.807) is 18.4 Å². The number of methoxy groups -OCH3 is 1. The average Bonchev–Trinajstić information content (AvgIpc) is 3.09. The molecule has 0 spiro atoms. The zero-order valence-electron chi connectivity index (χ0n) is 12.2. The van der Waals surface area contributed by atoms with Crippen molar-refractivity contribution < 1.29 is 9.47 Å². The summed E-state index contributed by atoms with van der Waals surface area (Å²) in [6, 6.07) is 0. The van der Waals surface area contributed by atoms with Crippen molar-refractivity contribution in [3.63, 3.8) is 0 Å². The Morgan fingerprint density at radius 2 is 2.43 bits per heavy atom. The number of thiazole rings is 1. The number of hydrogen-bond acceptors (Lipinski definition) is 7. The molecule has 0 unspecified atom stereocenters. The minimum absolute atomic E-state index is 0.0687. The van der Waals surface area contributed by atoms with Crippen LogP contribution in [-0.2, 0) is 22.6 Å². The standard InChI is InChI=1S/C13H19N5O2S/c1-9-14-13(17-16-9)11-6-18(3-4-20-11)5-10-8-21-12(15-10)7-19-2/h8,11H,3-7H2,1-2H3,(H,14,16,17)/t11-/m1/s1. The van der Waals surface area contributed by atoms with Gasteiger partial charge in [-0.15, -0.1) is 11.3 Å². The molecular weight excluding hydrogens is 290 g/mol. The van der Waals surface area contributed by atoms with Crippen LogP contribution in [0.5, 0.6) is 0 Å². The molecule has 1 N–H and O–H groups in total. The number of H-pyrrole nitrogens is 1. The first-order chi connectivity index (χ1) is 10.2. The first-order valence-corrected chi connectivity index (χ1v) is 7.77. The van der Waals surface area contributed by atoms with Crippen molar-refractivity contribution in [1.82, 2.24) is 25.1 Å². The average molecular weight is 309 g/mol. The van der Waals surface area contributed by atoms with E-state index in [9.17, 15) is 0 Å². The highest BCUT2D eigenvalue weighted by molar-refractivity contribution is 7.09. The van der Waals surface area contributed by atoms with Crippen LogP contribution in [0.1, 0.15) is 28.5 Å². The first kappa shape index (κ1) is 14.6. The second-order valence-corrected chi connectivity index (χ2v) is 5.98. The van der Waals surface area contributed by atoms with E-state index in [1.165, 1.54) is 0 Å². The van der Waals surface area contributed by atoms with Gasteiger partial charge in [0.15, 0.2) is 5.82 Å². The summed E-state index contributed by atoms with van der Waals surface area (Å²) in [7, 11) is 1.69. The van der Waals surface area contributed by atoms with Crippen LogP contribution in [0.2, 0.25) is 0 Å². The third-order valence-corrected chi connectivity index (χ3v) is 4.18. The van der Waals surface area contributed by atoms with Gasteiger partial charge in [-0.25, -0.2) is 9.97 Å². The fraction of sp³-hybridized carbons (Fsp3) is 0.615. The fourth-order valence-electron chi connectivity index (χ4n) is 2.35. The van der Waals surface area contributed by atoms with E-state index in [0.29, 0.717) is 13.2 Å². The molecule has 21 heavy (non-hydrogen) atoms. The lowest BCUT2D eigenvalue weighted by Crippen LogP contribution is -2.38. The summed E-state index contributed by atoms with van der Waals surface area (Å²) in [6.45, 7) is 5.67. The molecule has 8 heteroatoms. The Hall–Kier alpha value is -1.35. The van der Waals surface area contributed by atoms with E-state index < -0.39 is 0 Å². The molecule has 0 radical (unpaired) electrons. The largest absolute Gasteiger partial charge is 0.378 e. The molecule has 1 atom stereocenters. The molecule has 1 fully saturated rings. The first-order valence-electron chi connectivity index (χ1n) is 6.89. The van der Waals surface area contributed by atoms with Gasteiger partial charge in [0.25, 0.3) is 0 Å². The van der Waals surface area contributed by atoms with Gasteiger partial charge in [-0.3, -0.25) is 10.00 Å². The van der Waals surface area contributed by atoms with Crippen LogP contribution in [0.4, 0.5) is 0 Å². The maximum Gasteiger partial charge on any atom is 0.180 e. The number of ether oxygens (including phenoxy) is 2. The van der Waals surface area contributed by atoms with Gasteiger partial charge in [0.05, 0.1) is 18.9 Å². The summed E-state index contributed by atoms with van der Waals surface area (Å²) in [5.41, 5.74) is 1.08. The van der Waals surface area contributed by atoms with E-state index in [4.69, 9.17) is 9.47 Å². The number of hydrogen-bond donors (Lipinski definition) is 1. The van der Waals surface area contributed by atoms with Gasteiger partial charge in [0.1, 0.15) is 16.9 Å². The van der Waals surface area contributed by atoms with Gasteiger partial charge in [0, 0.05) is 32.1 Å². The van der Waals surface area contributed by atoms with Crippen LogP contribution in [0.15, 0.2) is 5.38 Å². The fourth-order valence-corrected chi connectivity index (χ4v) is 3.10. The highest BCUT2D eigenvalue weighted by Gasteiger charge is 2.25. The topological polar surface area (TPSA) is 76.2 Å². The summed E-state index contributed by atoms with van der Waals surface area (Å²) in [5.74, 6) is 1.55. The Bertz CT molecular complexity index is 585. The van der Waals surface area contributed by atoms with E-state index in [2.05, 4.69) is 30.4 Å². The molecule has 3 heterocycles. The third kappa shape index (κ3) is 3.65. The molecule has 0 saturated carbocycles. The van der Waals surface area contributed by atoms with E-state index in [0.717, 1.165) is 42.0 Å². The number of rotatable bonds is 5. The zero-order chi connectivity index (χ0) is 14.7. The Morgan fingerprint density at radius 1 is 1.52 bits per heavy atom. The van der Waals surface area contributed by atoms with E-state index >= 15 is 0 Å². The van der Waals surface area contributed by atoms with E-state index in [-0.39, 0.29) is 6.10 Å². The Balaban J connectivity index is 1.60. The van der Waals surface area contributed by atoms with Crippen LogP contribution in [-0.4, -0.2) is 51.9 Å². The molecule has 1 aliphatic rings. The van der Waals surface area contributed by atoms with Gasteiger partial charge in [-0.05, 0) is 6.92 Å². The van der Waals surface area contributed by atoms with Crippen molar-refractivity contribution in [3.05, 3.63) is 27.7 Å². The SMILES string of the molecule is COCc1nc(CN2CCO[C@@H](c3n[nH]c(C)n3)C2)cs1. The van der Waals surface area contributed by atoms with Crippen molar-refractivity contribution >= 4 is 11.3 Å². The van der Waals surface area contributed by atoms with Crippen molar-refractivity contribution in [2.24, 2.45) is 0 Å². The molecule has 1 saturated heterocycles. The Labute approximate surface area is 127 Å². The number of morpholine rings is 1. The lowest BCUT2D eigenvalue weighted by atomic mass is 10.2. The van der Waals surface area contributed by atoms with E-state index in [1.807, 2.05) is 6.92 Å². The third-order valence-electron chi connectivity index (χ3n) is 3.31. The molecule has 0 aromatic carbocycles. The Kier molecular flexibility index (Phi) is 4.59. The van der Waals surface area contributed by atoms with Crippen LogP contribution < -0.4 is 0 Å². The molecule has 0 bridgehead atoms. The minimum atomic E-state index is -0.0687. The summed E-state index contributed by atoms with van der Waals surface area (Å²) < 4.78 is 10.9. The molecule has 2 aromatic heterocycles. The predicted molar refractivity (Wildman–Crippen MR) is 77.9 cm³/mol. The predicted octanol–water partition coefficient (Wildman–Crippen LogP) is 1.29. The second kappa shape index (κ2) is 6.61. The molecule has 3 rings (SSSR count). The number of aromatic amines is 1. The van der Waals surface area contributed by atoms with Crippen LogP contribution in [0, 0.1) is 6.92 Å². The van der Waals surface area contributed by atoms with Crippen molar-refractivity contribution in [3.8, 4) is 0 Å². The summed E-state index contributed by atoms with van der Waals surface area (Å²) in [6.07, 6.45) is -0.0687. The van der Waals surface area contributed by atoms with Gasteiger partial charge in [0.2, 0.25) is 0 Å². The maximum absolute atomic E-state index is 5.76. The minimum Gasteiger partial charge on any atom is -0.378 e. The summed E-state index contributed by atoms with van der Waals surface area (Å²) in [4.78, 5) is 11.3. The molecule has 2 aromatic rings. The van der Waals surface area contributed by atoms with Gasteiger partial charge in [-0.1, -0.05) is 0 Å². The Morgan fingerprint density at radius 3 is 3.19 bits per heavy atom. The van der Waals surface area contributed by atoms with Crippen LogP contribution in [0.3, 0.4) is 0 Å². The lowest BCUT2D eigenvalue weighted by Gasteiger charge is -2.30. The van der Waals surface area contributed by atoms with Crippen LogP contribution >= 0.6 is 11.3 Å². The lowest BCUT2D eigenvalue weighted by molar-refractivity contribution is -0.0374. The molecule has 0 amide bonds. The quantitative estimate of drug-likeness (QED) is 0.897. The number of aromatic nitrogens is 4.